The Morgan fingerprint density at radius 2 is 2.00 bits per heavy atom. The van der Waals surface area contributed by atoms with Crippen molar-refractivity contribution in [2.45, 2.75) is 6.18 Å². The molecule has 2 aromatic heterocycles. The number of methoxy groups -OCH3 is 1. The molecule has 9 heteroatoms. The summed E-state index contributed by atoms with van der Waals surface area (Å²) < 4.78 is 45.4. The van der Waals surface area contributed by atoms with Crippen LogP contribution >= 0.6 is 0 Å². The van der Waals surface area contributed by atoms with Gasteiger partial charge in [-0.3, -0.25) is 5.10 Å². The van der Waals surface area contributed by atoms with Gasteiger partial charge in [0.15, 0.2) is 11.3 Å². The number of H-pyrrole nitrogens is 1. The van der Waals surface area contributed by atoms with E-state index in [-0.39, 0.29) is 16.9 Å². The van der Waals surface area contributed by atoms with Crippen molar-refractivity contribution in [2.24, 2.45) is 0 Å². The summed E-state index contributed by atoms with van der Waals surface area (Å²) in [6.07, 6.45) is -4.64. The summed E-state index contributed by atoms with van der Waals surface area (Å²) in [5.41, 5.74) is 4.77. The summed E-state index contributed by atoms with van der Waals surface area (Å²) in [5.74, 6) is 0.190. The molecule has 0 atom stereocenters. The number of nitrogen functional groups attached to an aromatic ring is 1. The Morgan fingerprint density at radius 3 is 2.67 bits per heavy atom. The van der Waals surface area contributed by atoms with Crippen molar-refractivity contribution in [3.05, 3.63) is 30.0 Å². The predicted octanol–water partition coefficient (Wildman–Crippen LogP) is 2.36. The molecule has 3 N–H and O–H groups in total. The Hall–Kier alpha value is -2.71. The normalized spacial score (nSPS) is 12.0. The van der Waals surface area contributed by atoms with Crippen LogP contribution in [0.15, 0.2) is 24.3 Å². The van der Waals surface area contributed by atoms with Crippen LogP contribution in [0.4, 0.5) is 19.0 Å². The lowest BCUT2D eigenvalue weighted by Gasteiger charge is -2.08. The summed E-state index contributed by atoms with van der Waals surface area (Å²) in [6.45, 7) is 0. The molecule has 1 aromatic carbocycles. The molecule has 0 fully saturated rings. The highest BCUT2D eigenvalue weighted by Gasteiger charge is 2.39. The van der Waals surface area contributed by atoms with Crippen molar-refractivity contribution in [3.63, 3.8) is 0 Å². The predicted molar refractivity (Wildman–Crippen MR) is 69.2 cm³/mol. The number of hydrogen-bond acceptors (Lipinski definition) is 4. The van der Waals surface area contributed by atoms with Gasteiger partial charge in [-0.15, -0.1) is 0 Å². The van der Waals surface area contributed by atoms with Gasteiger partial charge in [-0.1, -0.05) is 12.1 Å². The third-order valence-electron chi connectivity index (χ3n) is 2.99. The molecule has 0 aliphatic rings. The van der Waals surface area contributed by atoms with Gasteiger partial charge in [-0.05, 0) is 12.1 Å². The lowest BCUT2D eigenvalue weighted by atomic mass is 10.3. The van der Waals surface area contributed by atoms with E-state index in [0.717, 1.165) is 4.68 Å². The molecule has 6 nitrogen and oxygen atoms in total. The van der Waals surface area contributed by atoms with Gasteiger partial charge in [0.2, 0.25) is 0 Å². The number of nitrogens with one attached hydrogen (secondary N) is 1. The summed E-state index contributed by atoms with van der Waals surface area (Å²) in [5, 5.41) is 9.50. The number of halogens is 3. The lowest BCUT2D eigenvalue weighted by Crippen LogP contribution is -2.09. The number of aromatic amines is 1. The van der Waals surface area contributed by atoms with E-state index in [1.54, 1.807) is 24.3 Å². The number of rotatable bonds is 2. The Balaban J connectivity index is 2.34. The van der Waals surface area contributed by atoms with Crippen LogP contribution in [0.25, 0.3) is 16.7 Å². The van der Waals surface area contributed by atoms with Crippen LogP contribution in [0.2, 0.25) is 0 Å². The zero-order valence-electron chi connectivity index (χ0n) is 10.8. The molecule has 0 bridgehead atoms. The number of fused-ring (bicyclic) bond motifs is 1. The molecule has 0 aliphatic carbocycles. The van der Waals surface area contributed by atoms with Crippen molar-refractivity contribution in [2.75, 3.05) is 12.8 Å². The van der Waals surface area contributed by atoms with Crippen molar-refractivity contribution in [1.29, 1.82) is 0 Å². The SMILES string of the molecule is COc1ccccc1-n1nc(C(F)(F)F)c2c(N)[nH]nc21. The zero-order valence-corrected chi connectivity index (χ0v) is 10.8. The van der Waals surface area contributed by atoms with Crippen LogP contribution in [-0.2, 0) is 6.18 Å². The van der Waals surface area contributed by atoms with Crippen LogP contribution in [0.3, 0.4) is 0 Å². The first-order valence-electron chi connectivity index (χ1n) is 5.86. The zero-order chi connectivity index (χ0) is 15.2. The monoisotopic (exact) mass is 297 g/mol. The number of hydrogen-bond donors (Lipinski definition) is 2. The number of benzene rings is 1. The molecule has 0 amide bonds. The molecule has 0 saturated heterocycles. The van der Waals surface area contributed by atoms with E-state index < -0.39 is 11.9 Å². The third kappa shape index (κ3) is 1.97. The van der Waals surface area contributed by atoms with Gasteiger partial charge in [0.05, 0.1) is 12.5 Å². The van der Waals surface area contributed by atoms with Crippen molar-refractivity contribution < 1.29 is 17.9 Å². The molecular weight excluding hydrogens is 287 g/mol. The highest BCUT2D eigenvalue weighted by molar-refractivity contribution is 5.90. The number of anilines is 1. The summed E-state index contributed by atoms with van der Waals surface area (Å²) in [6, 6.07) is 6.56. The van der Waals surface area contributed by atoms with E-state index in [2.05, 4.69) is 15.3 Å². The number of para-hydroxylation sites is 2. The van der Waals surface area contributed by atoms with Gasteiger partial charge in [0.25, 0.3) is 0 Å². The Labute approximate surface area is 116 Å². The topological polar surface area (TPSA) is 81.8 Å². The fourth-order valence-corrected chi connectivity index (χ4v) is 2.10. The van der Waals surface area contributed by atoms with Gasteiger partial charge >= 0.3 is 6.18 Å². The molecule has 21 heavy (non-hydrogen) atoms. The maximum atomic E-state index is 13.1. The first-order valence-corrected chi connectivity index (χ1v) is 5.86. The Kier molecular flexibility index (Phi) is 2.78. The van der Waals surface area contributed by atoms with Crippen LogP contribution in [0.5, 0.6) is 5.75 Å². The largest absolute Gasteiger partial charge is 0.494 e. The second-order valence-corrected chi connectivity index (χ2v) is 4.27. The van der Waals surface area contributed by atoms with Crippen LogP contribution in [0.1, 0.15) is 5.69 Å². The average Bonchev–Trinajstić information content (AvgIpc) is 2.99. The maximum Gasteiger partial charge on any atom is 0.436 e. The molecule has 0 spiro atoms. The van der Waals surface area contributed by atoms with Gasteiger partial charge in [0, 0.05) is 0 Å². The Morgan fingerprint density at radius 1 is 1.29 bits per heavy atom. The highest BCUT2D eigenvalue weighted by Crippen LogP contribution is 2.37. The minimum atomic E-state index is -4.64. The standard InChI is InChI=1S/C12H10F3N5O/c1-21-7-5-3-2-4-6(7)20-11-8(10(16)17-18-11)9(19-20)12(13,14)15/h2-5H,1H3,(H3,16,17,18). The molecule has 0 aliphatic heterocycles. The third-order valence-corrected chi connectivity index (χ3v) is 2.99. The molecule has 2 heterocycles. The minimum absolute atomic E-state index is 0.00988. The van der Waals surface area contributed by atoms with Gasteiger partial charge in [0.1, 0.15) is 17.3 Å². The van der Waals surface area contributed by atoms with E-state index in [1.165, 1.54) is 7.11 Å². The molecule has 3 rings (SSSR count). The Bertz CT molecular complexity index is 805. The lowest BCUT2D eigenvalue weighted by molar-refractivity contribution is -0.140. The molecular formula is C12H10F3N5O. The number of nitrogens with zero attached hydrogens (tertiary/aromatic N) is 3. The van der Waals surface area contributed by atoms with Crippen LogP contribution in [0, 0.1) is 0 Å². The smallest absolute Gasteiger partial charge is 0.436 e. The van der Waals surface area contributed by atoms with E-state index in [9.17, 15) is 13.2 Å². The highest BCUT2D eigenvalue weighted by atomic mass is 19.4. The molecule has 3 aromatic rings. The molecule has 110 valence electrons. The van der Waals surface area contributed by atoms with Crippen LogP contribution in [-0.4, -0.2) is 27.1 Å². The average molecular weight is 297 g/mol. The second kappa shape index (κ2) is 4.40. The second-order valence-electron chi connectivity index (χ2n) is 4.27. The number of nitrogens with two attached hydrogens (primary N) is 1. The summed E-state index contributed by atoms with van der Waals surface area (Å²) >= 11 is 0. The van der Waals surface area contributed by atoms with E-state index in [4.69, 9.17) is 10.5 Å². The van der Waals surface area contributed by atoms with Crippen molar-refractivity contribution >= 4 is 16.9 Å². The van der Waals surface area contributed by atoms with Crippen LogP contribution < -0.4 is 10.5 Å². The molecule has 0 radical (unpaired) electrons. The molecule has 0 unspecified atom stereocenters. The summed E-state index contributed by atoms with van der Waals surface area (Å²) in [7, 11) is 1.42. The number of alkyl halides is 3. The van der Waals surface area contributed by atoms with E-state index in [1.807, 2.05) is 0 Å². The van der Waals surface area contributed by atoms with Gasteiger partial charge in [-0.25, -0.2) is 4.68 Å². The van der Waals surface area contributed by atoms with E-state index >= 15 is 0 Å². The van der Waals surface area contributed by atoms with Gasteiger partial charge < -0.3 is 10.5 Å². The van der Waals surface area contributed by atoms with E-state index in [0.29, 0.717) is 11.4 Å². The fraction of sp³-hybridized carbons (Fsp3) is 0.167. The van der Waals surface area contributed by atoms with Crippen molar-refractivity contribution in [1.82, 2.24) is 20.0 Å². The summed E-state index contributed by atoms with van der Waals surface area (Å²) in [4.78, 5) is 0. The molecule has 0 saturated carbocycles. The first kappa shape index (κ1) is 13.3. The number of ether oxygens (including phenoxy) is 1. The number of aromatic nitrogens is 4. The fourth-order valence-electron chi connectivity index (χ4n) is 2.10. The minimum Gasteiger partial charge on any atom is -0.494 e. The first-order chi connectivity index (χ1) is 9.93. The van der Waals surface area contributed by atoms with Gasteiger partial charge in [-0.2, -0.15) is 23.4 Å². The van der Waals surface area contributed by atoms with Crippen molar-refractivity contribution in [3.8, 4) is 11.4 Å². The quantitative estimate of drug-likeness (QED) is 0.760. The maximum absolute atomic E-state index is 13.1.